The number of phenols is 2. The van der Waals surface area contributed by atoms with Gasteiger partial charge >= 0.3 is 5.97 Å². The lowest BCUT2D eigenvalue weighted by Gasteiger charge is -2.15. The Labute approximate surface area is 129 Å². The number of phenolic OH excluding ortho intramolecular Hbond substituents is 2. The number of esters is 1. The summed E-state index contributed by atoms with van der Waals surface area (Å²) in [7, 11) is 0. The van der Waals surface area contributed by atoms with Crippen molar-refractivity contribution in [3.8, 4) is 11.5 Å². The van der Waals surface area contributed by atoms with Crippen LogP contribution in [0.25, 0.3) is 0 Å². The number of hydrogen-bond acceptors (Lipinski definition) is 4. The fraction of sp³-hybridized carbons (Fsp3) is 0.278. The predicted octanol–water partition coefficient (Wildman–Crippen LogP) is 2.67. The van der Waals surface area contributed by atoms with Crippen LogP contribution in [-0.4, -0.2) is 22.8 Å². The molecule has 1 fully saturated rings. The molecule has 0 bridgehead atoms. The van der Waals surface area contributed by atoms with Crippen molar-refractivity contribution in [2.45, 2.75) is 12.8 Å². The maximum atomic E-state index is 12.0. The molecule has 0 spiro atoms. The van der Waals surface area contributed by atoms with Crippen LogP contribution in [0.2, 0.25) is 0 Å². The first-order valence-electron chi connectivity index (χ1n) is 7.34. The van der Waals surface area contributed by atoms with Gasteiger partial charge in [-0.15, -0.1) is 0 Å². The maximum Gasteiger partial charge on any atom is 0.309 e. The van der Waals surface area contributed by atoms with Gasteiger partial charge in [0.25, 0.3) is 0 Å². The number of rotatable bonds is 4. The van der Waals surface area contributed by atoms with Crippen LogP contribution in [0.1, 0.15) is 11.1 Å². The first-order chi connectivity index (χ1) is 10.6. The van der Waals surface area contributed by atoms with Gasteiger partial charge in [0.2, 0.25) is 0 Å². The van der Waals surface area contributed by atoms with Crippen LogP contribution in [0.4, 0.5) is 0 Å². The van der Waals surface area contributed by atoms with Crippen LogP contribution in [0.3, 0.4) is 0 Å². The lowest BCUT2D eigenvalue weighted by atomic mass is 9.85. The molecule has 0 unspecified atom stereocenters. The highest BCUT2D eigenvalue weighted by Crippen LogP contribution is 2.29. The monoisotopic (exact) mass is 298 g/mol. The van der Waals surface area contributed by atoms with Crippen molar-refractivity contribution < 1.29 is 19.7 Å². The first kappa shape index (κ1) is 14.4. The Kier molecular flexibility index (Phi) is 4.00. The number of aromatic hydroxyl groups is 2. The molecular formula is C18H18O4. The van der Waals surface area contributed by atoms with E-state index >= 15 is 0 Å². The van der Waals surface area contributed by atoms with Gasteiger partial charge in [-0.25, -0.2) is 0 Å². The summed E-state index contributed by atoms with van der Waals surface area (Å²) in [6.07, 6.45) is 1.36. The van der Waals surface area contributed by atoms with Crippen molar-refractivity contribution in [2.75, 3.05) is 6.61 Å². The highest BCUT2D eigenvalue weighted by Gasteiger charge is 2.36. The summed E-state index contributed by atoms with van der Waals surface area (Å²) < 4.78 is 5.23. The van der Waals surface area contributed by atoms with Gasteiger partial charge in [0, 0.05) is 5.92 Å². The number of ether oxygens (including phenoxy) is 1. The van der Waals surface area contributed by atoms with Crippen molar-refractivity contribution in [3.05, 3.63) is 59.7 Å². The van der Waals surface area contributed by atoms with Crippen LogP contribution < -0.4 is 0 Å². The molecular weight excluding hydrogens is 280 g/mol. The Morgan fingerprint density at radius 2 is 1.36 bits per heavy atom. The molecule has 2 aromatic carbocycles. The van der Waals surface area contributed by atoms with E-state index in [0.29, 0.717) is 13.0 Å². The zero-order valence-corrected chi connectivity index (χ0v) is 12.1. The zero-order chi connectivity index (χ0) is 15.5. The van der Waals surface area contributed by atoms with Crippen molar-refractivity contribution in [3.63, 3.8) is 0 Å². The third kappa shape index (κ3) is 3.22. The molecule has 1 aliphatic heterocycles. The van der Waals surface area contributed by atoms with Gasteiger partial charge in [-0.3, -0.25) is 4.79 Å². The summed E-state index contributed by atoms with van der Waals surface area (Å²) in [5, 5.41) is 18.7. The van der Waals surface area contributed by atoms with Crippen molar-refractivity contribution in [1.82, 2.24) is 0 Å². The van der Waals surface area contributed by atoms with E-state index in [9.17, 15) is 15.0 Å². The topological polar surface area (TPSA) is 66.8 Å². The van der Waals surface area contributed by atoms with E-state index in [1.807, 2.05) is 24.3 Å². The quantitative estimate of drug-likeness (QED) is 0.852. The average Bonchev–Trinajstić information content (AvgIpc) is 2.85. The van der Waals surface area contributed by atoms with E-state index < -0.39 is 0 Å². The third-order valence-corrected chi connectivity index (χ3v) is 4.14. The molecule has 114 valence electrons. The van der Waals surface area contributed by atoms with Gasteiger partial charge in [0.15, 0.2) is 0 Å². The minimum Gasteiger partial charge on any atom is -0.508 e. The zero-order valence-electron chi connectivity index (χ0n) is 12.1. The van der Waals surface area contributed by atoms with Gasteiger partial charge in [-0.05, 0) is 48.2 Å². The molecule has 0 aliphatic carbocycles. The van der Waals surface area contributed by atoms with E-state index in [0.717, 1.165) is 17.5 Å². The van der Waals surface area contributed by atoms with Crippen LogP contribution >= 0.6 is 0 Å². The fourth-order valence-electron chi connectivity index (χ4n) is 2.88. The van der Waals surface area contributed by atoms with Gasteiger partial charge in [-0.2, -0.15) is 0 Å². The number of carbonyl (C=O) groups excluding carboxylic acids is 1. The summed E-state index contributed by atoms with van der Waals surface area (Å²) in [5.74, 6) is 0.266. The highest BCUT2D eigenvalue weighted by molar-refractivity contribution is 5.75. The standard InChI is InChI=1S/C18H18O4/c19-15-5-1-12(2-6-15)9-14-11-22-18(21)17(14)10-13-3-7-16(20)8-4-13/h1-8,14,17,19-20H,9-11H2/t14-,17+/m0/s1. The minimum absolute atomic E-state index is 0.130. The second-order valence-corrected chi connectivity index (χ2v) is 5.74. The Morgan fingerprint density at radius 3 is 1.91 bits per heavy atom. The van der Waals surface area contributed by atoms with Gasteiger partial charge in [0.05, 0.1) is 12.5 Å². The molecule has 2 atom stereocenters. The SMILES string of the molecule is O=C1OC[C@H](Cc2ccc(O)cc2)[C@H]1Cc1ccc(O)cc1. The molecule has 0 aromatic heterocycles. The summed E-state index contributed by atoms with van der Waals surface area (Å²) >= 11 is 0. The smallest absolute Gasteiger partial charge is 0.309 e. The predicted molar refractivity (Wildman–Crippen MR) is 81.6 cm³/mol. The second-order valence-electron chi connectivity index (χ2n) is 5.74. The van der Waals surface area contributed by atoms with E-state index in [4.69, 9.17) is 4.74 Å². The Balaban J connectivity index is 1.71. The summed E-state index contributed by atoms with van der Waals surface area (Å²) in [4.78, 5) is 12.0. The molecule has 0 amide bonds. The molecule has 1 aliphatic rings. The van der Waals surface area contributed by atoms with E-state index in [1.54, 1.807) is 24.3 Å². The Bertz CT molecular complexity index is 646. The molecule has 0 saturated carbocycles. The lowest BCUT2D eigenvalue weighted by molar-refractivity contribution is -0.141. The van der Waals surface area contributed by atoms with Gasteiger partial charge in [0.1, 0.15) is 11.5 Å². The summed E-state index contributed by atoms with van der Waals surface area (Å²) in [5.41, 5.74) is 2.09. The van der Waals surface area contributed by atoms with Gasteiger partial charge in [-0.1, -0.05) is 24.3 Å². The Morgan fingerprint density at radius 1 is 0.864 bits per heavy atom. The van der Waals surface area contributed by atoms with Crippen molar-refractivity contribution in [1.29, 1.82) is 0 Å². The number of cyclic esters (lactones) is 1. The highest BCUT2D eigenvalue weighted by atomic mass is 16.5. The van der Waals surface area contributed by atoms with Crippen molar-refractivity contribution in [2.24, 2.45) is 11.8 Å². The molecule has 0 radical (unpaired) electrons. The molecule has 22 heavy (non-hydrogen) atoms. The van der Waals surface area contributed by atoms with E-state index in [1.165, 1.54) is 0 Å². The van der Waals surface area contributed by atoms with Gasteiger partial charge < -0.3 is 14.9 Å². The normalized spacial score (nSPS) is 20.8. The maximum absolute atomic E-state index is 12.0. The molecule has 4 nitrogen and oxygen atoms in total. The van der Waals surface area contributed by atoms with Crippen LogP contribution in [0, 0.1) is 11.8 Å². The van der Waals surface area contributed by atoms with E-state index in [-0.39, 0.29) is 29.3 Å². The third-order valence-electron chi connectivity index (χ3n) is 4.14. The Hall–Kier alpha value is -2.49. The first-order valence-corrected chi connectivity index (χ1v) is 7.34. The van der Waals surface area contributed by atoms with Crippen LogP contribution in [0.5, 0.6) is 11.5 Å². The van der Waals surface area contributed by atoms with E-state index in [2.05, 4.69) is 0 Å². The molecule has 4 heteroatoms. The number of carbonyl (C=O) groups is 1. The lowest BCUT2D eigenvalue weighted by Crippen LogP contribution is -2.20. The molecule has 1 saturated heterocycles. The van der Waals surface area contributed by atoms with Crippen LogP contribution in [-0.2, 0) is 22.4 Å². The minimum atomic E-state index is -0.168. The van der Waals surface area contributed by atoms with Crippen molar-refractivity contribution >= 4 is 5.97 Å². The molecule has 2 aromatic rings. The van der Waals surface area contributed by atoms with Crippen LogP contribution in [0.15, 0.2) is 48.5 Å². The molecule has 3 rings (SSSR count). The fourth-order valence-corrected chi connectivity index (χ4v) is 2.88. The molecule has 2 N–H and O–H groups in total. The largest absolute Gasteiger partial charge is 0.508 e. The summed E-state index contributed by atoms with van der Waals surface area (Å²) in [6.45, 7) is 0.433. The second kappa shape index (κ2) is 6.10. The number of benzene rings is 2. The average molecular weight is 298 g/mol. The summed E-state index contributed by atoms with van der Waals surface area (Å²) in [6, 6.07) is 14.0. The number of hydrogen-bond donors (Lipinski definition) is 2. The molecule has 1 heterocycles.